The number of hydrogen-bond acceptors (Lipinski definition) is 4. The monoisotopic (exact) mass is 404 g/mol. The number of nitrogens with zero attached hydrogens (tertiary/aromatic N) is 4. The van der Waals surface area contributed by atoms with E-state index in [1.54, 1.807) is 23.9 Å². The van der Waals surface area contributed by atoms with Crippen LogP contribution in [0.4, 0.5) is 5.13 Å². The average molecular weight is 405 g/mol. The van der Waals surface area contributed by atoms with E-state index in [9.17, 15) is 4.79 Å². The first-order valence-electron chi connectivity index (χ1n) is 9.88. The molecule has 5 nitrogen and oxygen atoms in total. The number of aryl methyl sites for hydroxylation is 3. The quantitative estimate of drug-likeness (QED) is 0.430. The second kappa shape index (κ2) is 8.57. The van der Waals surface area contributed by atoms with E-state index < -0.39 is 0 Å². The summed E-state index contributed by atoms with van der Waals surface area (Å²) in [6.07, 6.45) is 7.32. The highest BCUT2D eigenvalue weighted by atomic mass is 32.1. The van der Waals surface area contributed by atoms with Crippen molar-refractivity contribution in [2.24, 2.45) is 0 Å². The number of amides is 1. The zero-order chi connectivity index (χ0) is 20.2. The van der Waals surface area contributed by atoms with Crippen LogP contribution >= 0.6 is 11.3 Å². The van der Waals surface area contributed by atoms with Gasteiger partial charge in [0, 0.05) is 31.0 Å². The maximum atomic E-state index is 13.3. The standard InChI is InChI=1S/C23H24N4OS/c1-3-18-7-10-20-21(15-18)29-23(25-20)27(13-4-12-26-14-11-24-16-26)22(28)19-8-5-17(2)6-9-19/h5-11,14-16H,3-4,12-13H2,1-2H3. The van der Waals surface area contributed by atoms with Crippen LogP contribution in [0.15, 0.2) is 61.2 Å². The maximum absolute atomic E-state index is 13.3. The summed E-state index contributed by atoms with van der Waals surface area (Å²) >= 11 is 1.58. The van der Waals surface area contributed by atoms with Crippen LogP contribution in [0.3, 0.4) is 0 Å². The first-order chi connectivity index (χ1) is 14.1. The van der Waals surface area contributed by atoms with Crippen molar-refractivity contribution in [2.45, 2.75) is 33.2 Å². The van der Waals surface area contributed by atoms with Gasteiger partial charge in [0.25, 0.3) is 5.91 Å². The molecule has 6 heteroatoms. The van der Waals surface area contributed by atoms with E-state index in [1.807, 2.05) is 52.9 Å². The maximum Gasteiger partial charge on any atom is 0.260 e. The Kier molecular flexibility index (Phi) is 5.71. The molecular weight excluding hydrogens is 380 g/mol. The third kappa shape index (κ3) is 4.38. The summed E-state index contributed by atoms with van der Waals surface area (Å²) in [6.45, 7) is 5.58. The molecule has 0 aliphatic rings. The van der Waals surface area contributed by atoms with E-state index >= 15 is 0 Å². The second-order valence-electron chi connectivity index (χ2n) is 7.13. The van der Waals surface area contributed by atoms with Gasteiger partial charge in [0.05, 0.1) is 16.5 Å². The molecule has 2 aromatic carbocycles. The molecule has 4 aromatic rings. The van der Waals surface area contributed by atoms with Crippen molar-refractivity contribution in [3.63, 3.8) is 0 Å². The molecule has 0 fully saturated rings. The van der Waals surface area contributed by atoms with Gasteiger partial charge in [-0.2, -0.15) is 0 Å². The molecule has 4 rings (SSSR count). The molecule has 0 spiro atoms. The number of benzene rings is 2. The zero-order valence-electron chi connectivity index (χ0n) is 16.7. The Balaban J connectivity index is 1.63. The molecule has 0 unspecified atom stereocenters. The van der Waals surface area contributed by atoms with Gasteiger partial charge in [0.2, 0.25) is 0 Å². The van der Waals surface area contributed by atoms with Gasteiger partial charge >= 0.3 is 0 Å². The van der Waals surface area contributed by atoms with Crippen molar-refractivity contribution in [3.8, 4) is 0 Å². The molecule has 0 atom stereocenters. The van der Waals surface area contributed by atoms with Crippen LogP contribution in [0.2, 0.25) is 0 Å². The zero-order valence-corrected chi connectivity index (χ0v) is 17.5. The van der Waals surface area contributed by atoms with E-state index in [2.05, 4.69) is 24.0 Å². The molecule has 1 amide bonds. The minimum Gasteiger partial charge on any atom is -0.337 e. The third-order valence-corrected chi connectivity index (χ3v) is 6.02. The smallest absolute Gasteiger partial charge is 0.260 e. The molecule has 29 heavy (non-hydrogen) atoms. The van der Waals surface area contributed by atoms with Crippen LogP contribution in [0.1, 0.15) is 34.8 Å². The van der Waals surface area contributed by atoms with Crippen molar-refractivity contribution in [1.82, 2.24) is 14.5 Å². The molecule has 2 aromatic heterocycles. The fourth-order valence-electron chi connectivity index (χ4n) is 3.26. The van der Waals surface area contributed by atoms with E-state index in [1.165, 1.54) is 5.56 Å². The lowest BCUT2D eigenvalue weighted by Gasteiger charge is -2.20. The molecule has 0 aliphatic carbocycles. The van der Waals surface area contributed by atoms with Gasteiger partial charge in [-0.3, -0.25) is 9.69 Å². The summed E-state index contributed by atoms with van der Waals surface area (Å²) in [5.41, 5.74) is 4.05. The molecule has 0 saturated carbocycles. The SMILES string of the molecule is CCc1ccc2nc(N(CCCn3ccnc3)C(=O)c3ccc(C)cc3)sc2c1. The van der Waals surface area contributed by atoms with Crippen LogP contribution in [-0.4, -0.2) is 27.0 Å². The van der Waals surface area contributed by atoms with Gasteiger partial charge in [0.1, 0.15) is 0 Å². The minimum absolute atomic E-state index is 0.00889. The minimum atomic E-state index is -0.00889. The normalized spacial score (nSPS) is 11.1. The van der Waals surface area contributed by atoms with E-state index in [0.717, 1.165) is 40.3 Å². The Hall–Kier alpha value is -2.99. The lowest BCUT2D eigenvalue weighted by Crippen LogP contribution is -2.32. The highest BCUT2D eigenvalue weighted by Gasteiger charge is 2.21. The Bertz CT molecular complexity index is 1100. The number of hydrogen-bond donors (Lipinski definition) is 0. The van der Waals surface area contributed by atoms with Crippen LogP contribution in [0.25, 0.3) is 10.2 Å². The summed E-state index contributed by atoms with van der Waals surface area (Å²) in [5.74, 6) is -0.00889. The molecule has 148 valence electrons. The highest BCUT2D eigenvalue weighted by Crippen LogP contribution is 2.31. The van der Waals surface area contributed by atoms with Gasteiger partial charge in [-0.15, -0.1) is 0 Å². The third-order valence-electron chi connectivity index (χ3n) is 4.98. The Morgan fingerprint density at radius 2 is 2.00 bits per heavy atom. The topological polar surface area (TPSA) is 51.0 Å². The van der Waals surface area contributed by atoms with E-state index in [4.69, 9.17) is 4.98 Å². The summed E-state index contributed by atoms with van der Waals surface area (Å²) in [5, 5.41) is 0.754. The van der Waals surface area contributed by atoms with Gasteiger partial charge in [-0.05, 0) is 49.6 Å². The fraction of sp³-hybridized carbons (Fsp3) is 0.261. The number of carbonyl (C=O) groups is 1. The van der Waals surface area contributed by atoms with Gasteiger partial charge in [0.15, 0.2) is 5.13 Å². The molecule has 0 aliphatic heterocycles. The van der Waals surface area contributed by atoms with Crippen molar-refractivity contribution >= 4 is 32.6 Å². The molecule has 0 bridgehead atoms. The molecule has 0 N–H and O–H groups in total. The van der Waals surface area contributed by atoms with Gasteiger partial charge < -0.3 is 4.57 Å². The first-order valence-corrected chi connectivity index (χ1v) is 10.7. The molecule has 0 radical (unpaired) electrons. The van der Waals surface area contributed by atoms with Crippen molar-refractivity contribution in [2.75, 3.05) is 11.4 Å². The van der Waals surface area contributed by atoms with Crippen molar-refractivity contribution in [1.29, 1.82) is 0 Å². The molecule has 2 heterocycles. The number of carbonyl (C=O) groups excluding carboxylic acids is 1. The summed E-state index contributed by atoms with van der Waals surface area (Å²) < 4.78 is 3.15. The van der Waals surface area contributed by atoms with E-state index in [0.29, 0.717) is 12.1 Å². The number of aromatic nitrogens is 3. The lowest BCUT2D eigenvalue weighted by atomic mass is 10.1. The number of anilines is 1. The number of imidazole rings is 1. The van der Waals surface area contributed by atoms with Crippen molar-refractivity contribution in [3.05, 3.63) is 77.9 Å². The molecule has 0 saturated heterocycles. The number of fused-ring (bicyclic) bond motifs is 1. The Morgan fingerprint density at radius 1 is 1.17 bits per heavy atom. The fourth-order valence-corrected chi connectivity index (χ4v) is 4.31. The first kappa shape index (κ1) is 19.3. The predicted octanol–water partition coefficient (Wildman–Crippen LogP) is 5.10. The Labute approximate surface area is 174 Å². The van der Waals surface area contributed by atoms with Crippen LogP contribution in [0, 0.1) is 6.92 Å². The van der Waals surface area contributed by atoms with Gasteiger partial charge in [-0.25, -0.2) is 9.97 Å². The predicted molar refractivity (Wildman–Crippen MR) is 119 cm³/mol. The largest absolute Gasteiger partial charge is 0.337 e. The highest BCUT2D eigenvalue weighted by molar-refractivity contribution is 7.22. The van der Waals surface area contributed by atoms with Crippen LogP contribution in [-0.2, 0) is 13.0 Å². The summed E-state index contributed by atoms with van der Waals surface area (Å²) in [6, 6.07) is 14.1. The number of thiazole rings is 1. The average Bonchev–Trinajstić information content (AvgIpc) is 3.40. The second-order valence-corrected chi connectivity index (χ2v) is 8.14. The lowest BCUT2D eigenvalue weighted by molar-refractivity contribution is 0.0986. The summed E-state index contributed by atoms with van der Waals surface area (Å²) in [4.78, 5) is 24.0. The molecular formula is C23H24N4OS. The van der Waals surface area contributed by atoms with Gasteiger partial charge in [-0.1, -0.05) is 42.0 Å². The van der Waals surface area contributed by atoms with Crippen LogP contribution in [0.5, 0.6) is 0 Å². The van der Waals surface area contributed by atoms with E-state index in [-0.39, 0.29) is 5.91 Å². The van der Waals surface area contributed by atoms with Crippen LogP contribution < -0.4 is 4.90 Å². The number of rotatable bonds is 7. The van der Waals surface area contributed by atoms with Crippen molar-refractivity contribution < 1.29 is 4.79 Å². The summed E-state index contributed by atoms with van der Waals surface area (Å²) in [7, 11) is 0. The Morgan fingerprint density at radius 3 is 2.72 bits per heavy atom.